The molecule has 1 saturated heterocycles. The van der Waals surface area contributed by atoms with Crippen LogP contribution < -0.4 is 11.1 Å². The zero-order valence-corrected chi connectivity index (χ0v) is 9.71. The second kappa shape index (κ2) is 7.22. The number of hydrogen-bond donors (Lipinski definition) is 2. The molecule has 1 heterocycles. The average Bonchev–Trinajstić information content (AvgIpc) is 2.27. The van der Waals surface area contributed by atoms with E-state index in [-0.39, 0.29) is 18.2 Å². The van der Waals surface area contributed by atoms with E-state index in [2.05, 4.69) is 10.2 Å². The van der Waals surface area contributed by atoms with Crippen molar-refractivity contribution >= 4 is 11.8 Å². The molecule has 0 saturated carbocycles. The zero-order valence-electron chi connectivity index (χ0n) is 9.71. The van der Waals surface area contributed by atoms with Crippen LogP contribution >= 0.6 is 0 Å². The number of primary amides is 1. The number of carbonyl (C=O) groups is 2. The van der Waals surface area contributed by atoms with Gasteiger partial charge in [-0.3, -0.25) is 9.59 Å². The van der Waals surface area contributed by atoms with Crippen molar-refractivity contribution in [3.8, 4) is 0 Å². The normalized spacial score (nSPS) is 17.0. The fourth-order valence-corrected chi connectivity index (χ4v) is 1.86. The molecule has 0 aliphatic carbocycles. The van der Waals surface area contributed by atoms with Crippen molar-refractivity contribution in [2.24, 2.45) is 5.73 Å². The number of piperidine rings is 1. The average molecular weight is 227 g/mol. The minimum Gasteiger partial charge on any atom is -0.370 e. The van der Waals surface area contributed by atoms with Gasteiger partial charge in [0.2, 0.25) is 11.8 Å². The number of nitrogens with one attached hydrogen (secondary N) is 1. The van der Waals surface area contributed by atoms with Crippen molar-refractivity contribution in [1.29, 1.82) is 0 Å². The van der Waals surface area contributed by atoms with E-state index in [1.165, 1.54) is 19.3 Å². The van der Waals surface area contributed by atoms with Gasteiger partial charge in [0, 0.05) is 25.9 Å². The Hall–Kier alpha value is -1.10. The lowest BCUT2D eigenvalue weighted by atomic mass is 10.1. The number of amides is 2. The molecule has 0 aromatic rings. The number of hydrogen-bond acceptors (Lipinski definition) is 3. The number of nitrogens with zero attached hydrogens (tertiary/aromatic N) is 1. The molecule has 1 fully saturated rings. The molecule has 16 heavy (non-hydrogen) atoms. The van der Waals surface area contributed by atoms with Gasteiger partial charge >= 0.3 is 0 Å². The quantitative estimate of drug-likeness (QED) is 0.663. The number of carbonyl (C=O) groups excluding carboxylic acids is 2. The first-order chi connectivity index (χ1) is 7.68. The molecule has 2 amide bonds. The maximum Gasteiger partial charge on any atom is 0.221 e. The van der Waals surface area contributed by atoms with Gasteiger partial charge in [-0.05, 0) is 25.9 Å². The summed E-state index contributed by atoms with van der Waals surface area (Å²) < 4.78 is 0. The lowest BCUT2D eigenvalue weighted by Crippen LogP contribution is -2.35. The molecular formula is C11H21N3O2. The van der Waals surface area contributed by atoms with Crippen LogP contribution in [0.15, 0.2) is 0 Å². The van der Waals surface area contributed by atoms with Gasteiger partial charge in [-0.15, -0.1) is 0 Å². The van der Waals surface area contributed by atoms with Crippen LogP contribution in [0.1, 0.15) is 32.1 Å². The molecule has 0 bridgehead atoms. The van der Waals surface area contributed by atoms with Crippen LogP contribution in [-0.4, -0.2) is 42.9 Å². The van der Waals surface area contributed by atoms with E-state index in [4.69, 9.17) is 5.73 Å². The van der Waals surface area contributed by atoms with Crippen LogP contribution in [0.4, 0.5) is 0 Å². The number of likely N-dealkylation sites (tertiary alicyclic amines) is 1. The van der Waals surface area contributed by atoms with Crippen LogP contribution in [0, 0.1) is 0 Å². The first-order valence-electron chi connectivity index (χ1n) is 5.96. The Morgan fingerprint density at radius 2 is 1.81 bits per heavy atom. The lowest BCUT2D eigenvalue weighted by molar-refractivity contribution is -0.121. The van der Waals surface area contributed by atoms with E-state index in [9.17, 15) is 9.59 Å². The molecular weight excluding hydrogens is 206 g/mol. The third kappa shape index (κ3) is 5.70. The standard InChI is InChI=1S/C11H21N3O2/c12-10(15)4-6-13-11(16)5-9-14-7-2-1-3-8-14/h1-9H2,(H2,12,15)(H,13,16). The van der Waals surface area contributed by atoms with Crippen LogP contribution in [0.25, 0.3) is 0 Å². The Morgan fingerprint density at radius 3 is 2.44 bits per heavy atom. The highest BCUT2D eigenvalue weighted by Crippen LogP contribution is 2.08. The molecule has 5 heteroatoms. The van der Waals surface area contributed by atoms with Gasteiger partial charge in [0.25, 0.3) is 0 Å². The Balaban J connectivity index is 2.02. The molecule has 3 N–H and O–H groups in total. The van der Waals surface area contributed by atoms with Crippen molar-refractivity contribution in [3.05, 3.63) is 0 Å². The molecule has 0 aromatic heterocycles. The van der Waals surface area contributed by atoms with Crippen molar-refractivity contribution < 1.29 is 9.59 Å². The van der Waals surface area contributed by atoms with Gasteiger partial charge in [0.1, 0.15) is 0 Å². The first-order valence-corrected chi connectivity index (χ1v) is 5.96. The van der Waals surface area contributed by atoms with Gasteiger partial charge in [0.15, 0.2) is 0 Å². The first kappa shape index (κ1) is 13.0. The van der Waals surface area contributed by atoms with E-state index < -0.39 is 0 Å². The molecule has 0 atom stereocenters. The highest BCUT2D eigenvalue weighted by molar-refractivity contribution is 5.78. The largest absolute Gasteiger partial charge is 0.370 e. The van der Waals surface area contributed by atoms with E-state index >= 15 is 0 Å². The van der Waals surface area contributed by atoms with E-state index in [1.54, 1.807) is 0 Å². The molecule has 0 aromatic carbocycles. The minimum atomic E-state index is -0.378. The summed E-state index contributed by atoms with van der Waals surface area (Å²) in [5.41, 5.74) is 4.97. The minimum absolute atomic E-state index is 0.00632. The lowest BCUT2D eigenvalue weighted by Gasteiger charge is -2.25. The highest BCUT2D eigenvalue weighted by atomic mass is 16.2. The molecule has 1 aliphatic rings. The summed E-state index contributed by atoms with van der Waals surface area (Å²) in [4.78, 5) is 24.1. The van der Waals surface area contributed by atoms with E-state index in [0.29, 0.717) is 13.0 Å². The van der Waals surface area contributed by atoms with Crippen molar-refractivity contribution in [3.63, 3.8) is 0 Å². The second-order valence-corrected chi connectivity index (χ2v) is 4.22. The molecule has 5 nitrogen and oxygen atoms in total. The number of rotatable bonds is 6. The SMILES string of the molecule is NC(=O)CCNC(=O)CCN1CCCCC1. The summed E-state index contributed by atoms with van der Waals surface area (Å²) in [6.45, 7) is 3.39. The van der Waals surface area contributed by atoms with Crippen molar-refractivity contribution in [1.82, 2.24) is 10.2 Å². The molecule has 0 spiro atoms. The topological polar surface area (TPSA) is 75.4 Å². The smallest absolute Gasteiger partial charge is 0.221 e. The zero-order chi connectivity index (χ0) is 11.8. The number of nitrogens with two attached hydrogens (primary N) is 1. The Labute approximate surface area is 96.4 Å². The fraction of sp³-hybridized carbons (Fsp3) is 0.818. The maximum atomic E-state index is 11.4. The van der Waals surface area contributed by atoms with Gasteiger partial charge in [0.05, 0.1) is 0 Å². The summed E-state index contributed by atoms with van der Waals surface area (Å²) in [7, 11) is 0. The second-order valence-electron chi connectivity index (χ2n) is 4.22. The Kier molecular flexibility index (Phi) is 5.85. The van der Waals surface area contributed by atoms with Gasteiger partial charge in [-0.1, -0.05) is 6.42 Å². The van der Waals surface area contributed by atoms with E-state index in [0.717, 1.165) is 19.6 Å². The molecule has 1 aliphatic heterocycles. The highest BCUT2D eigenvalue weighted by Gasteiger charge is 2.11. The fourth-order valence-electron chi connectivity index (χ4n) is 1.86. The Bertz CT molecular complexity index is 237. The molecule has 0 radical (unpaired) electrons. The summed E-state index contributed by atoms with van der Waals surface area (Å²) in [6.07, 6.45) is 4.52. The third-order valence-corrected chi connectivity index (χ3v) is 2.80. The maximum absolute atomic E-state index is 11.4. The van der Waals surface area contributed by atoms with Crippen LogP contribution in [0.5, 0.6) is 0 Å². The predicted molar refractivity (Wildman–Crippen MR) is 61.7 cm³/mol. The summed E-state index contributed by atoms with van der Waals surface area (Å²) >= 11 is 0. The monoisotopic (exact) mass is 227 g/mol. The van der Waals surface area contributed by atoms with Gasteiger partial charge < -0.3 is 16.0 Å². The van der Waals surface area contributed by atoms with Crippen LogP contribution in [0.3, 0.4) is 0 Å². The summed E-state index contributed by atoms with van der Waals surface area (Å²) in [5, 5.41) is 2.69. The van der Waals surface area contributed by atoms with Crippen molar-refractivity contribution in [2.45, 2.75) is 32.1 Å². The third-order valence-electron chi connectivity index (χ3n) is 2.80. The Morgan fingerprint density at radius 1 is 1.12 bits per heavy atom. The van der Waals surface area contributed by atoms with Crippen LogP contribution in [0.2, 0.25) is 0 Å². The molecule has 92 valence electrons. The van der Waals surface area contributed by atoms with Gasteiger partial charge in [-0.25, -0.2) is 0 Å². The van der Waals surface area contributed by atoms with Gasteiger partial charge in [-0.2, -0.15) is 0 Å². The van der Waals surface area contributed by atoms with Crippen LogP contribution in [-0.2, 0) is 9.59 Å². The van der Waals surface area contributed by atoms with E-state index in [1.807, 2.05) is 0 Å². The van der Waals surface area contributed by atoms with Crippen molar-refractivity contribution in [2.75, 3.05) is 26.2 Å². The molecule has 1 rings (SSSR count). The summed E-state index contributed by atoms with van der Waals surface area (Å²) in [6, 6.07) is 0. The summed E-state index contributed by atoms with van der Waals surface area (Å²) in [5.74, 6) is -0.372. The molecule has 0 unspecified atom stereocenters. The predicted octanol–water partition coefficient (Wildman–Crippen LogP) is -0.146.